The Kier molecular flexibility index (Phi) is 27.6. The van der Waals surface area contributed by atoms with E-state index in [1.54, 1.807) is 0 Å². The fraction of sp³-hybridized carbons (Fsp3) is 0.467. The van der Waals surface area contributed by atoms with Crippen molar-refractivity contribution in [3.8, 4) is 0 Å². The molecule has 5 fully saturated rings. The van der Waals surface area contributed by atoms with Crippen LogP contribution >= 0.6 is 0 Å². The van der Waals surface area contributed by atoms with Gasteiger partial charge in [-0.25, -0.2) is 39.9 Å². The van der Waals surface area contributed by atoms with Gasteiger partial charge in [-0.3, -0.25) is 53.0 Å². The molecule has 676 valence electrons. The molecule has 17 rings (SSSR count). The summed E-state index contributed by atoms with van der Waals surface area (Å²) in [6.45, 7) is 42.3. The number of likely N-dealkylation sites (tertiary alicyclic amines) is 4. The SMILES string of the molecule is C=c1nc2c(c(=O)[nH]1)=Nc1cc(C)c(C)cc1N2CCN1CCCC[C@@H]1C(=O)O.C=c1nc2c(c(=O)[nH]1)=Nc1cc(C)c(C)cc1N2CCN1CCCC[C@H]1C(=O)O.C=c1nc2c(c(=O)[nH]1)=Nc1cc(C)c(NC3CC3)cc1N2CCN1CCC(C(=O)O)CC1.C=c1nc2c(c(=O)[nH]1)=Nc1cc(C)c(NCCC(=O)OC(C)(C)C)cc1N2CCN1CCC(C(=O)O)CC1. The van der Waals surface area contributed by atoms with Crippen LogP contribution in [0.15, 0.2) is 87.7 Å². The summed E-state index contributed by atoms with van der Waals surface area (Å²) in [7, 11) is 0. The van der Waals surface area contributed by atoms with Crippen LogP contribution in [-0.4, -0.2) is 232 Å². The van der Waals surface area contributed by atoms with Crippen LogP contribution in [0.25, 0.3) is 26.3 Å². The van der Waals surface area contributed by atoms with Gasteiger partial charge < -0.3 is 85.1 Å². The first-order valence-electron chi connectivity index (χ1n) is 43.9. The molecule has 1 aliphatic carbocycles. The maximum Gasteiger partial charge on any atom is 0.320 e. The number of anilines is 10. The third-order valence-corrected chi connectivity index (χ3v) is 24.8. The van der Waals surface area contributed by atoms with E-state index in [1.807, 2.05) is 122 Å². The van der Waals surface area contributed by atoms with Crippen LogP contribution < -0.4 is 95.8 Å². The van der Waals surface area contributed by atoms with Crippen LogP contribution in [0.1, 0.15) is 138 Å². The van der Waals surface area contributed by atoms with Crippen molar-refractivity contribution in [2.24, 2.45) is 31.8 Å². The number of fused-ring (bicyclic) bond motifs is 8. The number of nitrogens with zero attached hydrogens (tertiary/aromatic N) is 16. The maximum atomic E-state index is 12.7. The Bertz CT molecular complexity index is 6250. The highest BCUT2D eigenvalue weighted by molar-refractivity contribution is 5.84. The van der Waals surface area contributed by atoms with Gasteiger partial charge in [-0.15, -0.1) is 0 Å². The number of aliphatic carboxylic acids is 4. The minimum atomic E-state index is -0.778. The second-order valence-corrected chi connectivity index (χ2v) is 35.3. The maximum absolute atomic E-state index is 12.7. The van der Waals surface area contributed by atoms with Crippen LogP contribution in [0.4, 0.5) is 80.1 Å². The number of esters is 1. The van der Waals surface area contributed by atoms with Crippen molar-refractivity contribution < 1.29 is 49.1 Å². The van der Waals surface area contributed by atoms with Crippen LogP contribution in [0.5, 0.6) is 0 Å². The van der Waals surface area contributed by atoms with Gasteiger partial charge in [0.15, 0.2) is 44.7 Å². The Morgan fingerprint density at radius 2 is 0.727 bits per heavy atom. The molecule has 8 aliphatic heterocycles. The van der Waals surface area contributed by atoms with Gasteiger partial charge in [-0.2, -0.15) is 0 Å². The van der Waals surface area contributed by atoms with E-state index in [9.17, 15) is 63.6 Å². The van der Waals surface area contributed by atoms with Crippen molar-refractivity contribution in [1.29, 1.82) is 0 Å². The number of H-pyrrole nitrogens is 4. The standard InChI is InChI=1S/C27H36N6O5.C23H28N6O3.2C21H25N5O3/c1-16-14-20-21(15-19(16)28-9-6-22(34)38-27(3,4)5)33(24-23(31-20)25(35)30-17(2)29-24)13-12-32-10-7-18(8-11-32)26(36)37;1-13-11-18-19(12-17(13)26-16-3-4-16)29(21-20(27-18)22(30)25-14(2)24-21)10-9-28-7-5-15(6-8-28)23(31)32;2*1-12-10-15-17(11-13(12)2)26(19-18(24-15)20(27)23-14(3)22-19)9-8-25-7-5-4-6-16(25)21(28)29/h14-15,18,28H,2,6-13H2,1,3-5H3,(H,30,35)(H,36,37);11-12,15-16,26H,2-10H2,1H3,(H,25,30)(H,31,32);2*10-11,16H,3-9H2,1-2H3,(H,23,27)(H,28,29)/t;;2*16-/m..10/s1. The normalized spacial score (nSPS) is 17.8. The number of rotatable bonds is 22. The Hall–Kier alpha value is -12.9. The van der Waals surface area contributed by atoms with E-state index in [-0.39, 0.29) is 79.0 Å². The van der Waals surface area contributed by atoms with Crippen molar-refractivity contribution in [3.05, 3.63) is 167 Å². The molecule has 0 radical (unpaired) electrons. The molecular weight excluding hydrogens is 1640 g/mol. The first-order chi connectivity index (χ1) is 61.0. The molecule has 10 N–H and O–H groups in total. The fourth-order valence-corrected chi connectivity index (χ4v) is 17.5. The van der Waals surface area contributed by atoms with E-state index in [0.29, 0.717) is 150 Å². The minimum absolute atomic E-state index is 0.221. The van der Waals surface area contributed by atoms with Gasteiger partial charge in [-0.05, 0) is 248 Å². The Morgan fingerprint density at radius 3 is 1.06 bits per heavy atom. The van der Waals surface area contributed by atoms with Crippen molar-refractivity contribution >= 4 is 136 Å². The number of piperidine rings is 4. The molecule has 4 saturated heterocycles. The fourth-order valence-electron chi connectivity index (χ4n) is 17.5. The summed E-state index contributed by atoms with van der Waals surface area (Å²) < 4.78 is 5.40. The molecule has 1 saturated carbocycles. The third-order valence-electron chi connectivity index (χ3n) is 24.8. The van der Waals surface area contributed by atoms with Crippen molar-refractivity contribution in [3.63, 3.8) is 0 Å². The Balaban J connectivity index is 0.000000139. The average Bonchev–Trinajstić information content (AvgIpc) is 0.898. The highest BCUT2D eigenvalue weighted by atomic mass is 16.6. The molecule has 4 aromatic heterocycles. The second-order valence-electron chi connectivity index (χ2n) is 35.3. The highest BCUT2D eigenvalue weighted by Gasteiger charge is 2.36. The minimum Gasteiger partial charge on any atom is -0.481 e. The number of ether oxygens (including phenoxy) is 1. The number of carbonyl (C=O) groups is 5. The lowest BCUT2D eigenvalue weighted by Crippen LogP contribution is -2.49. The van der Waals surface area contributed by atoms with Crippen molar-refractivity contribution in [2.45, 2.75) is 170 Å². The molecule has 36 nitrogen and oxygen atoms in total. The number of carbonyl (C=O) groups excluding carboxylic acids is 1. The molecule has 0 bridgehead atoms. The molecule has 36 heteroatoms. The molecule has 4 aromatic carbocycles. The van der Waals surface area contributed by atoms with Crippen molar-refractivity contribution in [2.75, 3.05) is 128 Å². The zero-order valence-electron chi connectivity index (χ0n) is 74.2. The Labute approximate surface area is 737 Å². The van der Waals surface area contributed by atoms with Crippen molar-refractivity contribution in [1.82, 2.24) is 59.5 Å². The lowest BCUT2D eigenvalue weighted by Gasteiger charge is -2.35. The molecule has 0 spiro atoms. The summed E-state index contributed by atoms with van der Waals surface area (Å²) in [5, 5.41) is 45.7. The molecule has 2 atom stereocenters. The summed E-state index contributed by atoms with van der Waals surface area (Å²) in [4.78, 5) is 172. The predicted molar refractivity (Wildman–Crippen MR) is 488 cm³/mol. The van der Waals surface area contributed by atoms with E-state index in [0.717, 1.165) is 143 Å². The summed E-state index contributed by atoms with van der Waals surface area (Å²) >= 11 is 0. The quantitative estimate of drug-likeness (QED) is 0.0381. The number of aromatic nitrogens is 8. The number of carboxylic acid groups (broad SMARTS) is 4. The van der Waals surface area contributed by atoms with Crippen LogP contribution in [0.2, 0.25) is 0 Å². The van der Waals surface area contributed by atoms with Crippen LogP contribution in [-0.2, 0) is 28.7 Å². The van der Waals surface area contributed by atoms with Gasteiger partial charge >= 0.3 is 29.8 Å². The smallest absolute Gasteiger partial charge is 0.320 e. The summed E-state index contributed by atoms with van der Waals surface area (Å²) in [5.41, 5.74) is 14.0. The monoisotopic (exact) mass is 1750 g/mol. The lowest BCUT2D eigenvalue weighted by molar-refractivity contribution is -0.154. The molecular formula is C92H114N22O14. The molecule has 9 aliphatic rings. The highest BCUT2D eigenvalue weighted by Crippen LogP contribution is 2.43. The first-order valence-corrected chi connectivity index (χ1v) is 43.9. The largest absolute Gasteiger partial charge is 0.481 e. The van der Waals surface area contributed by atoms with E-state index < -0.39 is 41.6 Å². The average molecular weight is 1750 g/mol. The number of hydrogen-bond donors (Lipinski definition) is 10. The topological polar surface area (TPSA) is 458 Å². The number of aromatic amines is 4. The lowest BCUT2D eigenvalue weighted by atomic mass is 9.97. The van der Waals surface area contributed by atoms with E-state index in [2.05, 4.69) is 124 Å². The van der Waals surface area contributed by atoms with Gasteiger partial charge in [0.05, 0.1) is 63.8 Å². The van der Waals surface area contributed by atoms with Crippen LogP contribution in [0.3, 0.4) is 0 Å². The van der Waals surface area contributed by atoms with E-state index >= 15 is 0 Å². The van der Waals surface area contributed by atoms with Gasteiger partial charge in [0.2, 0.25) is 0 Å². The number of aryl methyl sites for hydroxylation is 6. The molecule has 0 unspecified atom stereocenters. The summed E-state index contributed by atoms with van der Waals surface area (Å²) in [6, 6.07) is 15.6. The number of hydrogen-bond acceptors (Lipinski definition) is 28. The molecule has 128 heavy (non-hydrogen) atoms. The number of nitrogens with one attached hydrogen (secondary N) is 6. The summed E-state index contributed by atoms with van der Waals surface area (Å²) in [6.07, 6.45) is 10.3. The first kappa shape index (κ1) is 91.3. The van der Waals surface area contributed by atoms with Gasteiger partial charge in [0.25, 0.3) is 22.2 Å². The Morgan fingerprint density at radius 1 is 0.406 bits per heavy atom. The van der Waals surface area contributed by atoms with Gasteiger partial charge in [0.1, 0.15) is 39.6 Å². The van der Waals surface area contributed by atoms with E-state index in [4.69, 9.17) is 4.74 Å². The van der Waals surface area contributed by atoms with Gasteiger partial charge in [-0.1, -0.05) is 39.2 Å². The van der Waals surface area contributed by atoms with Crippen LogP contribution in [0, 0.1) is 53.4 Å². The second kappa shape index (κ2) is 38.7. The number of carboxylic acids is 4. The summed E-state index contributed by atoms with van der Waals surface area (Å²) in [5.74, 6) is -1.92. The van der Waals surface area contributed by atoms with Gasteiger partial charge in [0, 0.05) is 76.3 Å². The molecule has 8 aromatic rings. The number of benzene rings is 4. The molecule has 0 amide bonds. The molecule has 12 heterocycles. The predicted octanol–water partition coefficient (Wildman–Crippen LogP) is 5.37. The third kappa shape index (κ3) is 21.2. The van der Waals surface area contributed by atoms with E-state index in [1.165, 1.54) is 12.8 Å². The zero-order chi connectivity index (χ0) is 91.4. The zero-order valence-corrected chi connectivity index (χ0v) is 74.2.